The largest absolute Gasteiger partial charge is 0.481 e. The molecule has 0 unspecified atom stereocenters. The minimum absolute atomic E-state index is 0.0580. The number of rotatable bonds is 4. The van der Waals surface area contributed by atoms with Crippen molar-refractivity contribution in [2.24, 2.45) is 5.41 Å². The molecule has 6 heteroatoms. The van der Waals surface area contributed by atoms with E-state index in [9.17, 15) is 9.59 Å². The Kier molecular flexibility index (Phi) is 3.47. The molecule has 1 atom stereocenters. The summed E-state index contributed by atoms with van der Waals surface area (Å²) in [6, 6.07) is 0.307. The van der Waals surface area contributed by atoms with Crippen LogP contribution in [0.1, 0.15) is 20.3 Å². The van der Waals surface area contributed by atoms with Gasteiger partial charge in [0.25, 0.3) is 0 Å². The summed E-state index contributed by atoms with van der Waals surface area (Å²) in [5, 5.41) is 12.3. The molecule has 0 aromatic heterocycles. The summed E-state index contributed by atoms with van der Waals surface area (Å²) >= 11 is 0. The van der Waals surface area contributed by atoms with Gasteiger partial charge in [-0.05, 0) is 20.3 Å². The van der Waals surface area contributed by atoms with Crippen LogP contribution in [0.3, 0.4) is 0 Å². The monoisotopic (exact) mass is 255 g/mol. The zero-order valence-electron chi connectivity index (χ0n) is 11.0. The molecule has 2 saturated heterocycles. The Bertz CT molecular complexity index is 356. The molecule has 2 heterocycles. The van der Waals surface area contributed by atoms with Crippen LogP contribution >= 0.6 is 0 Å². The lowest BCUT2D eigenvalue weighted by Crippen LogP contribution is -2.49. The van der Waals surface area contributed by atoms with Crippen LogP contribution in [-0.2, 0) is 4.79 Å². The molecule has 2 fully saturated rings. The van der Waals surface area contributed by atoms with E-state index in [4.69, 9.17) is 5.11 Å². The van der Waals surface area contributed by atoms with Crippen LogP contribution < -0.4 is 5.32 Å². The van der Waals surface area contributed by atoms with Crippen molar-refractivity contribution >= 4 is 12.0 Å². The molecule has 6 nitrogen and oxygen atoms in total. The number of nitrogens with zero attached hydrogens (tertiary/aromatic N) is 2. The zero-order chi connectivity index (χ0) is 13.3. The molecule has 2 aliphatic rings. The first kappa shape index (κ1) is 13.1. The maximum absolute atomic E-state index is 12.1. The molecule has 0 saturated carbocycles. The molecule has 0 aromatic rings. The van der Waals surface area contributed by atoms with Crippen LogP contribution in [0, 0.1) is 5.41 Å². The number of piperazine rings is 1. The summed E-state index contributed by atoms with van der Waals surface area (Å²) in [5.74, 6) is -0.812. The minimum Gasteiger partial charge on any atom is -0.481 e. The van der Waals surface area contributed by atoms with Gasteiger partial charge in [-0.3, -0.25) is 4.79 Å². The smallest absolute Gasteiger partial charge is 0.320 e. The van der Waals surface area contributed by atoms with Crippen molar-refractivity contribution in [1.29, 1.82) is 0 Å². The molecule has 2 N–H and O–H groups in total. The molecule has 2 amide bonds. The summed E-state index contributed by atoms with van der Waals surface area (Å²) in [5.41, 5.74) is -0.776. The fourth-order valence-electron chi connectivity index (χ4n) is 2.40. The average molecular weight is 255 g/mol. The van der Waals surface area contributed by atoms with Gasteiger partial charge in [-0.2, -0.15) is 0 Å². The van der Waals surface area contributed by atoms with Gasteiger partial charge in [-0.1, -0.05) is 0 Å². The van der Waals surface area contributed by atoms with E-state index in [1.54, 1.807) is 18.7 Å². The predicted octanol–water partition coefficient (Wildman–Crippen LogP) is 0.197. The van der Waals surface area contributed by atoms with E-state index >= 15 is 0 Å². The number of nitrogens with one attached hydrogen (secondary N) is 1. The number of hydrogen-bond acceptors (Lipinski definition) is 3. The highest BCUT2D eigenvalue weighted by Crippen LogP contribution is 2.24. The molecule has 18 heavy (non-hydrogen) atoms. The van der Waals surface area contributed by atoms with Gasteiger partial charge in [0.2, 0.25) is 0 Å². The first-order valence-corrected chi connectivity index (χ1v) is 6.41. The van der Waals surface area contributed by atoms with Crippen molar-refractivity contribution < 1.29 is 14.7 Å². The highest BCUT2D eigenvalue weighted by molar-refractivity contribution is 5.78. The van der Waals surface area contributed by atoms with Gasteiger partial charge >= 0.3 is 12.0 Å². The summed E-state index contributed by atoms with van der Waals surface area (Å²) in [4.78, 5) is 26.8. The zero-order valence-corrected chi connectivity index (χ0v) is 11.0. The van der Waals surface area contributed by atoms with E-state index in [0.29, 0.717) is 19.5 Å². The SMILES string of the molecule is CC(C)(CCN1C[C@@H]2CNCCN2C1=O)C(=O)O. The number of carbonyl (C=O) groups is 2. The van der Waals surface area contributed by atoms with E-state index < -0.39 is 11.4 Å². The van der Waals surface area contributed by atoms with Crippen molar-refractivity contribution in [3.8, 4) is 0 Å². The average Bonchev–Trinajstić information content (AvgIpc) is 2.64. The first-order valence-electron chi connectivity index (χ1n) is 6.41. The number of carbonyl (C=O) groups excluding carboxylic acids is 1. The van der Waals surface area contributed by atoms with Crippen LogP contribution in [-0.4, -0.2) is 65.7 Å². The third-order valence-corrected chi connectivity index (χ3v) is 3.88. The number of carboxylic acid groups (broad SMARTS) is 1. The third-order valence-electron chi connectivity index (χ3n) is 3.88. The molecule has 2 rings (SSSR count). The molecule has 0 bridgehead atoms. The fourth-order valence-corrected chi connectivity index (χ4v) is 2.40. The second-order valence-corrected chi connectivity index (χ2v) is 5.72. The van der Waals surface area contributed by atoms with Gasteiger partial charge in [-0.15, -0.1) is 0 Å². The van der Waals surface area contributed by atoms with Crippen molar-refractivity contribution in [2.75, 3.05) is 32.7 Å². The summed E-state index contributed by atoms with van der Waals surface area (Å²) in [6.07, 6.45) is 0.488. The van der Waals surface area contributed by atoms with Crippen molar-refractivity contribution in [3.63, 3.8) is 0 Å². The summed E-state index contributed by atoms with van der Waals surface area (Å²) in [6.45, 7) is 7.06. The Hall–Kier alpha value is -1.30. The second-order valence-electron chi connectivity index (χ2n) is 5.72. The Morgan fingerprint density at radius 2 is 2.28 bits per heavy atom. The van der Waals surface area contributed by atoms with Gasteiger partial charge in [0.1, 0.15) is 0 Å². The molecular weight excluding hydrogens is 234 g/mol. The maximum Gasteiger partial charge on any atom is 0.320 e. The Labute approximate surface area is 107 Å². The Morgan fingerprint density at radius 1 is 1.56 bits per heavy atom. The summed E-state index contributed by atoms with van der Waals surface area (Å²) in [7, 11) is 0. The van der Waals surface area contributed by atoms with E-state index in [2.05, 4.69) is 5.32 Å². The lowest BCUT2D eigenvalue weighted by Gasteiger charge is -2.28. The van der Waals surface area contributed by atoms with Crippen molar-refractivity contribution in [2.45, 2.75) is 26.3 Å². The summed E-state index contributed by atoms with van der Waals surface area (Å²) < 4.78 is 0. The second kappa shape index (κ2) is 4.76. The topological polar surface area (TPSA) is 72.9 Å². The van der Waals surface area contributed by atoms with E-state index in [-0.39, 0.29) is 12.1 Å². The van der Waals surface area contributed by atoms with Gasteiger partial charge in [0.15, 0.2) is 0 Å². The normalized spacial score (nSPS) is 24.3. The third kappa shape index (κ3) is 2.43. The number of hydrogen-bond donors (Lipinski definition) is 2. The maximum atomic E-state index is 12.1. The van der Waals surface area contributed by atoms with E-state index in [1.807, 2.05) is 4.90 Å². The van der Waals surface area contributed by atoms with Gasteiger partial charge in [-0.25, -0.2) is 4.79 Å². The number of carboxylic acids is 1. The molecule has 0 aromatic carbocycles. The minimum atomic E-state index is -0.812. The van der Waals surface area contributed by atoms with Gasteiger partial charge in [0.05, 0.1) is 11.5 Å². The number of urea groups is 1. The Balaban J connectivity index is 1.91. The highest BCUT2D eigenvalue weighted by Gasteiger charge is 2.39. The van der Waals surface area contributed by atoms with Crippen LogP contribution in [0.5, 0.6) is 0 Å². The number of amides is 2. The van der Waals surface area contributed by atoms with E-state index in [1.165, 1.54) is 0 Å². The Morgan fingerprint density at radius 3 is 2.89 bits per heavy atom. The standard InChI is InChI=1S/C12H21N3O3/c1-12(2,10(16)17)3-5-14-8-9-7-13-4-6-15(9)11(14)18/h9,13H,3-8H2,1-2H3,(H,16,17)/t9-/m0/s1. The molecule has 0 radical (unpaired) electrons. The van der Waals surface area contributed by atoms with Gasteiger partial charge < -0.3 is 20.2 Å². The molecule has 0 spiro atoms. The van der Waals surface area contributed by atoms with Crippen LogP contribution in [0.4, 0.5) is 4.79 Å². The van der Waals surface area contributed by atoms with Crippen LogP contribution in [0.2, 0.25) is 0 Å². The first-order chi connectivity index (χ1) is 8.42. The molecule has 102 valence electrons. The van der Waals surface area contributed by atoms with Gasteiger partial charge in [0, 0.05) is 32.7 Å². The van der Waals surface area contributed by atoms with Crippen LogP contribution in [0.15, 0.2) is 0 Å². The van der Waals surface area contributed by atoms with Crippen molar-refractivity contribution in [3.05, 3.63) is 0 Å². The predicted molar refractivity (Wildman–Crippen MR) is 66.4 cm³/mol. The fraction of sp³-hybridized carbons (Fsp3) is 0.833. The highest BCUT2D eigenvalue weighted by atomic mass is 16.4. The lowest BCUT2D eigenvalue weighted by atomic mass is 9.89. The quantitative estimate of drug-likeness (QED) is 0.752. The lowest BCUT2D eigenvalue weighted by molar-refractivity contribution is -0.147. The molecular formula is C12H21N3O3. The molecule has 2 aliphatic heterocycles. The van der Waals surface area contributed by atoms with Crippen LogP contribution in [0.25, 0.3) is 0 Å². The number of fused-ring (bicyclic) bond motifs is 1. The molecule has 0 aliphatic carbocycles. The van der Waals surface area contributed by atoms with Crippen molar-refractivity contribution in [1.82, 2.24) is 15.1 Å². The number of aliphatic carboxylic acids is 1. The van der Waals surface area contributed by atoms with E-state index in [0.717, 1.165) is 19.6 Å².